The van der Waals surface area contributed by atoms with Gasteiger partial charge in [0, 0.05) is 6.54 Å². The largest absolute Gasteiger partial charge is 0.487 e. The summed E-state index contributed by atoms with van der Waals surface area (Å²) in [5.41, 5.74) is 1.97. The van der Waals surface area contributed by atoms with Crippen molar-refractivity contribution in [3.8, 4) is 0 Å². The minimum absolute atomic E-state index is 0.279. The predicted molar refractivity (Wildman–Crippen MR) is 93.8 cm³/mol. The summed E-state index contributed by atoms with van der Waals surface area (Å²) in [6.07, 6.45) is 3.14. The molecule has 1 aromatic rings. The first-order valence-corrected chi connectivity index (χ1v) is 7.97. The van der Waals surface area contributed by atoms with Crippen LogP contribution < -0.4 is 0 Å². The van der Waals surface area contributed by atoms with Crippen LogP contribution in [0.1, 0.15) is 38.8 Å². The maximum atomic E-state index is 5.96. The summed E-state index contributed by atoms with van der Waals surface area (Å²) in [5, 5.41) is 0. The summed E-state index contributed by atoms with van der Waals surface area (Å²) in [4.78, 5) is 2.20. The highest BCUT2D eigenvalue weighted by Gasteiger charge is 2.49. The van der Waals surface area contributed by atoms with Gasteiger partial charge in [0.05, 0.1) is 11.2 Å². The highest BCUT2D eigenvalue weighted by molar-refractivity contribution is 6.52. The zero-order chi connectivity index (χ0) is 16.4. The second-order valence-corrected chi connectivity index (χ2v) is 7.28. The van der Waals surface area contributed by atoms with Gasteiger partial charge in [-0.25, -0.2) is 0 Å². The molecular formula is C18H28BNO2. The number of benzene rings is 1. The Kier molecular flexibility index (Phi) is 5.16. The monoisotopic (exact) mass is 301 g/mol. The molecule has 1 aromatic carbocycles. The van der Waals surface area contributed by atoms with Crippen LogP contribution in [-0.2, 0) is 15.7 Å². The first-order valence-electron chi connectivity index (χ1n) is 7.97. The van der Waals surface area contributed by atoms with Gasteiger partial charge >= 0.3 is 7.12 Å². The molecule has 4 heteroatoms. The van der Waals surface area contributed by atoms with Crippen molar-refractivity contribution in [2.75, 3.05) is 20.6 Å². The van der Waals surface area contributed by atoms with Crippen LogP contribution in [0.4, 0.5) is 0 Å². The van der Waals surface area contributed by atoms with Gasteiger partial charge in [-0.1, -0.05) is 36.3 Å². The Morgan fingerprint density at radius 3 is 2.05 bits per heavy atom. The van der Waals surface area contributed by atoms with Gasteiger partial charge in [-0.05, 0) is 59.3 Å². The number of hydrogen-bond acceptors (Lipinski definition) is 3. The van der Waals surface area contributed by atoms with E-state index in [0.29, 0.717) is 0 Å². The molecule has 22 heavy (non-hydrogen) atoms. The van der Waals surface area contributed by atoms with Gasteiger partial charge in [-0.2, -0.15) is 0 Å². The molecule has 120 valence electrons. The molecule has 0 unspecified atom stereocenters. The lowest BCUT2D eigenvalue weighted by atomic mass is 9.89. The summed E-state index contributed by atoms with van der Waals surface area (Å²) < 4.78 is 11.9. The summed E-state index contributed by atoms with van der Waals surface area (Å²) in [7, 11) is 3.92. The van der Waals surface area contributed by atoms with Gasteiger partial charge in [0.25, 0.3) is 0 Å². The number of rotatable bonds is 5. The molecule has 1 heterocycles. The second-order valence-electron chi connectivity index (χ2n) is 7.28. The number of hydrogen-bond donors (Lipinski definition) is 0. The van der Waals surface area contributed by atoms with E-state index in [0.717, 1.165) is 13.0 Å². The maximum Gasteiger partial charge on any atom is 0.487 e. The van der Waals surface area contributed by atoms with Crippen LogP contribution in [0.5, 0.6) is 0 Å². The van der Waals surface area contributed by atoms with E-state index in [1.54, 1.807) is 0 Å². The Balaban J connectivity index is 1.94. The van der Waals surface area contributed by atoms with E-state index in [1.807, 2.05) is 5.98 Å². The third kappa shape index (κ3) is 4.22. The molecule has 0 N–H and O–H groups in total. The highest BCUT2D eigenvalue weighted by Crippen LogP contribution is 2.36. The molecule has 0 spiro atoms. The zero-order valence-corrected chi connectivity index (χ0v) is 14.7. The molecule has 0 amide bonds. The van der Waals surface area contributed by atoms with Crippen molar-refractivity contribution >= 4 is 13.2 Å². The number of nitrogens with zero attached hydrogens (tertiary/aromatic N) is 1. The quantitative estimate of drug-likeness (QED) is 0.778. The summed E-state index contributed by atoms with van der Waals surface area (Å²) in [6.45, 7) is 9.35. The van der Waals surface area contributed by atoms with Crippen molar-refractivity contribution in [2.24, 2.45) is 0 Å². The standard InChI is InChI=1S/C18H28BNO2/c1-17(2)18(3,4)22-19(21-17)13-11-15-7-9-16(10-8-15)12-14-20(5)6/h7-11,13H,12,14H2,1-6H3. The lowest BCUT2D eigenvalue weighted by Gasteiger charge is -2.32. The van der Waals surface area contributed by atoms with Crippen LogP contribution in [-0.4, -0.2) is 43.9 Å². The second kappa shape index (κ2) is 6.57. The normalized spacial score (nSPS) is 20.2. The molecule has 0 aliphatic carbocycles. The van der Waals surface area contributed by atoms with Crippen molar-refractivity contribution < 1.29 is 9.31 Å². The summed E-state index contributed by atoms with van der Waals surface area (Å²) in [5.74, 6) is 1.99. The SMILES string of the molecule is CN(C)CCc1ccc(C=CB2OC(C)(C)C(C)(C)O2)cc1. The van der Waals surface area contributed by atoms with Crippen LogP contribution in [0.2, 0.25) is 0 Å². The molecule has 0 aromatic heterocycles. The van der Waals surface area contributed by atoms with Crippen molar-refractivity contribution in [3.05, 3.63) is 41.4 Å². The van der Waals surface area contributed by atoms with Crippen LogP contribution >= 0.6 is 0 Å². The van der Waals surface area contributed by atoms with E-state index in [4.69, 9.17) is 9.31 Å². The van der Waals surface area contributed by atoms with Crippen molar-refractivity contribution in [1.82, 2.24) is 4.90 Å². The first kappa shape index (κ1) is 17.3. The van der Waals surface area contributed by atoms with Gasteiger partial charge < -0.3 is 14.2 Å². The molecule has 1 saturated heterocycles. The fourth-order valence-corrected chi connectivity index (χ4v) is 2.31. The smallest absolute Gasteiger partial charge is 0.400 e. The van der Waals surface area contributed by atoms with E-state index in [2.05, 4.69) is 77.0 Å². The van der Waals surface area contributed by atoms with E-state index < -0.39 is 0 Å². The lowest BCUT2D eigenvalue weighted by Crippen LogP contribution is -2.41. The van der Waals surface area contributed by atoms with Crippen molar-refractivity contribution in [1.29, 1.82) is 0 Å². The van der Waals surface area contributed by atoms with E-state index in [-0.39, 0.29) is 18.3 Å². The van der Waals surface area contributed by atoms with Crippen molar-refractivity contribution in [2.45, 2.75) is 45.3 Å². The molecule has 0 bridgehead atoms. The Hall–Kier alpha value is -1.10. The number of likely N-dealkylation sites (N-methyl/N-ethyl adjacent to an activating group) is 1. The third-order valence-corrected chi connectivity index (χ3v) is 4.54. The van der Waals surface area contributed by atoms with Crippen LogP contribution in [0.3, 0.4) is 0 Å². The molecule has 1 aliphatic heterocycles. The van der Waals surface area contributed by atoms with Gasteiger partial charge in [0.15, 0.2) is 0 Å². The predicted octanol–water partition coefficient (Wildman–Crippen LogP) is 3.44. The molecule has 0 radical (unpaired) electrons. The fraction of sp³-hybridized carbons (Fsp3) is 0.556. The minimum Gasteiger partial charge on any atom is -0.400 e. The Bertz CT molecular complexity index is 504. The molecule has 1 fully saturated rings. The Morgan fingerprint density at radius 2 is 1.55 bits per heavy atom. The molecule has 3 nitrogen and oxygen atoms in total. The van der Waals surface area contributed by atoms with Gasteiger partial charge in [-0.3, -0.25) is 0 Å². The van der Waals surface area contributed by atoms with E-state index in [9.17, 15) is 0 Å². The van der Waals surface area contributed by atoms with E-state index >= 15 is 0 Å². The van der Waals surface area contributed by atoms with E-state index in [1.165, 1.54) is 11.1 Å². The van der Waals surface area contributed by atoms with Crippen molar-refractivity contribution in [3.63, 3.8) is 0 Å². The topological polar surface area (TPSA) is 21.7 Å². The maximum absolute atomic E-state index is 5.96. The van der Waals surface area contributed by atoms with Gasteiger partial charge in [0.2, 0.25) is 0 Å². The average molecular weight is 301 g/mol. The fourth-order valence-electron chi connectivity index (χ4n) is 2.31. The lowest BCUT2D eigenvalue weighted by molar-refractivity contribution is 0.00578. The van der Waals surface area contributed by atoms with Gasteiger partial charge in [0.1, 0.15) is 0 Å². The Labute approximate surface area is 135 Å². The molecule has 2 rings (SSSR count). The molecule has 0 saturated carbocycles. The van der Waals surface area contributed by atoms with Crippen LogP contribution in [0.15, 0.2) is 30.2 Å². The Morgan fingerprint density at radius 1 is 1.00 bits per heavy atom. The molecule has 1 aliphatic rings. The minimum atomic E-state index is -0.280. The van der Waals surface area contributed by atoms with Crippen LogP contribution in [0.25, 0.3) is 6.08 Å². The highest BCUT2D eigenvalue weighted by atomic mass is 16.7. The van der Waals surface area contributed by atoms with Gasteiger partial charge in [-0.15, -0.1) is 0 Å². The first-order chi connectivity index (χ1) is 10.2. The third-order valence-electron chi connectivity index (χ3n) is 4.54. The summed E-state index contributed by atoms with van der Waals surface area (Å²) >= 11 is 0. The summed E-state index contributed by atoms with van der Waals surface area (Å²) in [6, 6.07) is 8.67. The zero-order valence-electron chi connectivity index (χ0n) is 14.7. The van der Waals surface area contributed by atoms with Crippen LogP contribution in [0, 0.1) is 0 Å². The molecule has 0 atom stereocenters. The average Bonchev–Trinajstić information content (AvgIpc) is 2.63. The molecular weight excluding hydrogens is 273 g/mol.